The highest BCUT2D eigenvalue weighted by atomic mass is 19.1. The molecule has 33 heavy (non-hydrogen) atoms. The molecule has 0 radical (unpaired) electrons. The second kappa shape index (κ2) is 10.2. The Bertz CT molecular complexity index is 1040. The third-order valence-electron chi connectivity index (χ3n) is 6.11. The van der Waals surface area contributed by atoms with E-state index in [0.717, 1.165) is 18.8 Å². The van der Waals surface area contributed by atoms with Crippen LogP contribution in [0.3, 0.4) is 0 Å². The normalized spacial score (nSPS) is 16.9. The molecule has 2 aromatic carbocycles. The smallest absolute Gasteiger partial charge is 0.277 e. The Labute approximate surface area is 194 Å². The average Bonchev–Trinajstić information content (AvgIpc) is 3.07. The zero-order valence-corrected chi connectivity index (χ0v) is 19.2. The summed E-state index contributed by atoms with van der Waals surface area (Å²) in [4.78, 5) is 32.3. The molecule has 4 rings (SSSR count). The Balaban J connectivity index is 1.57. The van der Waals surface area contributed by atoms with Gasteiger partial charge in [0.25, 0.3) is 11.8 Å². The molecule has 7 heteroatoms. The van der Waals surface area contributed by atoms with Crippen LogP contribution in [0.1, 0.15) is 24.5 Å². The number of hydrogen-bond donors (Lipinski definition) is 0. The highest BCUT2D eigenvalue weighted by Crippen LogP contribution is 2.33. The van der Waals surface area contributed by atoms with Gasteiger partial charge in [-0.1, -0.05) is 24.3 Å². The lowest BCUT2D eigenvalue weighted by Crippen LogP contribution is -2.47. The molecule has 0 aromatic heterocycles. The van der Waals surface area contributed by atoms with Crippen molar-refractivity contribution in [2.45, 2.75) is 20.3 Å². The lowest BCUT2D eigenvalue weighted by Gasteiger charge is -2.37. The first-order chi connectivity index (χ1) is 16.0. The van der Waals surface area contributed by atoms with E-state index < -0.39 is 0 Å². The molecule has 0 bridgehead atoms. The SMILES string of the molecule is CCOCCCN1C(=O)C(c2ccc(F)cc2)=C(N2CCN(c3cccc(C)c3)CC2)C1=O. The van der Waals surface area contributed by atoms with Crippen molar-refractivity contribution in [3.63, 3.8) is 0 Å². The van der Waals surface area contributed by atoms with E-state index in [0.29, 0.717) is 56.1 Å². The molecule has 0 atom stereocenters. The summed E-state index contributed by atoms with van der Waals surface area (Å²) < 4.78 is 18.9. The van der Waals surface area contributed by atoms with E-state index in [2.05, 4.69) is 30.0 Å². The molecule has 1 saturated heterocycles. The summed E-state index contributed by atoms with van der Waals surface area (Å²) in [5.74, 6) is -0.975. The second-order valence-electron chi connectivity index (χ2n) is 8.36. The van der Waals surface area contributed by atoms with Crippen molar-refractivity contribution in [3.05, 3.63) is 71.2 Å². The van der Waals surface area contributed by atoms with Crippen LogP contribution < -0.4 is 4.90 Å². The molecule has 2 aliphatic heterocycles. The quantitative estimate of drug-likeness (QED) is 0.455. The summed E-state index contributed by atoms with van der Waals surface area (Å²) in [7, 11) is 0. The number of rotatable bonds is 8. The van der Waals surface area contributed by atoms with E-state index in [4.69, 9.17) is 4.74 Å². The number of amides is 2. The topological polar surface area (TPSA) is 53.1 Å². The number of nitrogens with zero attached hydrogens (tertiary/aromatic N) is 3. The fraction of sp³-hybridized carbons (Fsp3) is 0.385. The van der Waals surface area contributed by atoms with E-state index >= 15 is 0 Å². The number of hydrogen-bond acceptors (Lipinski definition) is 5. The van der Waals surface area contributed by atoms with Crippen molar-refractivity contribution in [1.82, 2.24) is 9.80 Å². The molecule has 2 amide bonds. The summed E-state index contributed by atoms with van der Waals surface area (Å²) >= 11 is 0. The van der Waals surface area contributed by atoms with E-state index in [1.54, 1.807) is 12.1 Å². The Morgan fingerprint density at radius 3 is 2.30 bits per heavy atom. The van der Waals surface area contributed by atoms with E-state index in [-0.39, 0.29) is 17.6 Å². The number of benzene rings is 2. The maximum atomic E-state index is 13.5. The third-order valence-corrected chi connectivity index (χ3v) is 6.11. The van der Waals surface area contributed by atoms with Crippen molar-refractivity contribution in [1.29, 1.82) is 0 Å². The van der Waals surface area contributed by atoms with Crippen LogP contribution in [0, 0.1) is 12.7 Å². The van der Waals surface area contributed by atoms with Crippen LogP contribution in [0.5, 0.6) is 0 Å². The van der Waals surface area contributed by atoms with Gasteiger partial charge < -0.3 is 14.5 Å². The fourth-order valence-electron chi connectivity index (χ4n) is 4.42. The lowest BCUT2D eigenvalue weighted by molar-refractivity contribution is -0.137. The number of imide groups is 1. The molecule has 1 fully saturated rings. The largest absolute Gasteiger partial charge is 0.382 e. The number of ether oxygens (including phenoxy) is 1. The van der Waals surface area contributed by atoms with Gasteiger partial charge in [0.1, 0.15) is 11.5 Å². The van der Waals surface area contributed by atoms with Gasteiger partial charge in [-0.05, 0) is 55.7 Å². The van der Waals surface area contributed by atoms with E-state index in [9.17, 15) is 14.0 Å². The van der Waals surface area contributed by atoms with Gasteiger partial charge in [-0.15, -0.1) is 0 Å². The van der Waals surface area contributed by atoms with Gasteiger partial charge in [-0.25, -0.2) is 4.39 Å². The first kappa shape index (κ1) is 23.0. The Morgan fingerprint density at radius 1 is 0.939 bits per heavy atom. The molecular weight excluding hydrogens is 421 g/mol. The minimum atomic E-state index is -0.377. The molecular formula is C26H30FN3O3. The van der Waals surface area contributed by atoms with Crippen molar-refractivity contribution in [2.24, 2.45) is 0 Å². The van der Waals surface area contributed by atoms with E-state index in [1.807, 2.05) is 17.9 Å². The van der Waals surface area contributed by atoms with Crippen molar-refractivity contribution < 1.29 is 18.7 Å². The monoisotopic (exact) mass is 451 g/mol. The maximum Gasteiger partial charge on any atom is 0.277 e. The molecule has 0 unspecified atom stereocenters. The van der Waals surface area contributed by atoms with Gasteiger partial charge in [0.15, 0.2) is 0 Å². The number of aryl methyl sites for hydroxylation is 1. The molecule has 2 heterocycles. The second-order valence-corrected chi connectivity index (χ2v) is 8.36. The van der Waals surface area contributed by atoms with Crippen LogP contribution in [0.4, 0.5) is 10.1 Å². The lowest BCUT2D eigenvalue weighted by atomic mass is 10.0. The average molecular weight is 452 g/mol. The number of carbonyl (C=O) groups excluding carboxylic acids is 2. The van der Waals surface area contributed by atoms with Gasteiger partial charge in [0, 0.05) is 51.6 Å². The standard InChI is InChI=1S/C26H30FN3O3/c1-3-33-17-5-12-30-25(31)23(20-8-10-21(27)11-9-20)24(26(30)32)29-15-13-28(14-16-29)22-7-4-6-19(2)18-22/h4,6-11,18H,3,5,12-17H2,1-2H3. The summed E-state index contributed by atoms with van der Waals surface area (Å²) in [5.41, 5.74) is 3.72. The van der Waals surface area contributed by atoms with Gasteiger partial charge >= 0.3 is 0 Å². The first-order valence-corrected chi connectivity index (χ1v) is 11.5. The molecule has 0 N–H and O–H groups in total. The molecule has 0 spiro atoms. The van der Waals surface area contributed by atoms with Crippen molar-refractivity contribution >= 4 is 23.1 Å². The fourth-order valence-corrected chi connectivity index (χ4v) is 4.42. The van der Waals surface area contributed by atoms with Crippen LogP contribution >= 0.6 is 0 Å². The van der Waals surface area contributed by atoms with Crippen LogP contribution in [0.25, 0.3) is 5.57 Å². The summed E-state index contributed by atoms with van der Waals surface area (Å²) in [6, 6.07) is 14.2. The molecule has 174 valence electrons. The number of anilines is 1. The summed E-state index contributed by atoms with van der Waals surface area (Å²) in [6.45, 7) is 8.11. The van der Waals surface area contributed by atoms with Crippen molar-refractivity contribution in [2.75, 3.05) is 50.8 Å². The predicted molar refractivity (Wildman–Crippen MR) is 126 cm³/mol. The number of halogens is 1. The maximum absolute atomic E-state index is 13.5. The van der Waals surface area contributed by atoms with Crippen LogP contribution in [-0.4, -0.2) is 67.6 Å². The predicted octanol–water partition coefficient (Wildman–Crippen LogP) is 3.46. The minimum absolute atomic E-state index is 0.278. The molecule has 2 aliphatic rings. The van der Waals surface area contributed by atoms with Crippen LogP contribution in [0.2, 0.25) is 0 Å². The van der Waals surface area contributed by atoms with Crippen LogP contribution in [0.15, 0.2) is 54.2 Å². The Hall–Kier alpha value is -3.19. The molecule has 6 nitrogen and oxygen atoms in total. The third kappa shape index (κ3) is 4.93. The van der Waals surface area contributed by atoms with Gasteiger partial charge in [0.2, 0.25) is 0 Å². The zero-order valence-electron chi connectivity index (χ0n) is 19.2. The first-order valence-electron chi connectivity index (χ1n) is 11.5. The van der Waals surface area contributed by atoms with Gasteiger partial charge in [-0.2, -0.15) is 0 Å². The summed E-state index contributed by atoms with van der Waals surface area (Å²) in [5, 5.41) is 0. The summed E-state index contributed by atoms with van der Waals surface area (Å²) in [6.07, 6.45) is 0.580. The number of carbonyl (C=O) groups is 2. The molecule has 0 saturated carbocycles. The minimum Gasteiger partial charge on any atom is -0.382 e. The molecule has 0 aliphatic carbocycles. The molecule has 2 aromatic rings. The highest BCUT2D eigenvalue weighted by molar-refractivity contribution is 6.35. The van der Waals surface area contributed by atoms with E-state index in [1.165, 1.54) is 22.6 Å². The van der Waals surface area contributed by atoms with Crippen LogP contribution in [-0.2, 0) is 14.3 Å². The Morgan fingerprint density at radius 2 is 1.64 bits per heavy atom. The zero-order chi connectivity index (χ0) is 23.4. The number of piperazine rings is 1. The van der Waals surface area contributed by atoms with Crippen molar-refractivity contribution in [3.8, 4) is 0 Å². The highest BCUT2D eigenvalue weighted by Gasteiger charge is 2.41. The Kier molecular flexibility index (Phi) is 7.08. The van der Waals surface area contributed by atoms with Gasteiger partial charge in [-0.3, -0.25) is 14.5 Å². The van der Waals surface area contributed by atoms with Gasteiger partial charge in [0.05, 0.1) is 5.57 Å².